The van der Waals surface area contributed by atoms with Gasteiger partial charge in [0, 0.05) is 36.0 Å². The van der Waals surface area contributed by atoms with Gasteiger partial charge in [0.25, 0.3) is 0 Å². The maximum Gasteiger partial charge on any atom is 0.193 e. The van der Waals surface area contributed by atoms with E-state index in [1.165, 1.54) is 5.56 Å². The Labute approximate surface area is 195 Å². The van der Waals surface area contributed by atoms with Crippen molar-refractivity contribution in [2.24, 2.45) is 16.6 Å². The quantitative estimate of drug-likeness (QED) is 0.318. The van der Waals surface area contributed by atoms with Gasteiger partial charge in [0.05, 0.1) is 6.61 Å². The van der Waals surface area contributed by atoms with Crippen molar-refractivity contribution in [2.45, 2.75) is 25.5 Å². The topological polar surface area (TPSA) is 62.9 Å². The first kappa shape index (κ1) is 23.9. The number of para-hydroxylation sites is 1. The number of hydrogen-bond acceptors (Lipinski definition) is 3. The number of methoxy groups -OCH3 is 1. The summed E-state index contributed by atoms with van der Waals surface area (Å²) >= 11 is 6.23. The number of anilines is 1. The fourth-order valence-electron chi connectivity index (χ4n) is 3.98. The molecule has 0 saturated carbocycles. The highest BCUT2D eigenvalue weighted by Gasteiger charge is 2.30. The first-order valence-electron chi connectivity index (χ1n) is 9.68. The molecule has 29 heavy (non-hydrogen) atoms. The van der Waals surface area contributed by atoms with E-state index < -0.39 is 0 Å². The zero-order valence-electron chi connectivity index (χ0n) is 17.0. The fraction of sp³-hybridized carbons (Fsp3) is 0.409. The van der Waals surface area contributed by atoms with Gasteiger partial charge in [-0.25, -0.2) is 0 Å². The van der Waals surface area contributed by atoms with Crippen LogP contribution >= 0.6 is 35.6 Å². The molecule has 0 spiro atoms. The van der Waals surface area contributed by atoms with Crippen molar-refractivity contribution in [3.8, 4) is 0 Å². The molecule has 3 N–H and O–H groups in total. The van der Waals surface area contributed by atoms with E-state index in [0.29, 0.717) is 31.1 Å². The highest BCUT2D eigenvalue weighted by Crippen LogP contribution is 2.36. The molecule has 3 rings (SSSR count). The molecule has 2 aromatic rings. The fourth-order valence-corrected chi connectivity index (χ4v) is 4.18. The minimum atomic E-state index is 0. The number of aliphatic imine (C=N–C) groups is 1. The molecule has 0 aromatic heterocycles. The zero-order chi connectivity index (χ0) is 19.9. The highest BCUT2D eigenvalue weighted by atomic mass is 127. The molecule has 0 aliphatic carbocycles. The SMILES string of the molecule is COCc1ccccc1NC(N)=NCC1CCCN(C)C1c1cccc(Cl)c1.I. The molecule has 2 aromatic carbocycles. The van der Waals surface area contributed by atoms with E-state index in [2.05, 4.69) is 34.4 Å². The van der Waals surface area contributed by atoms with Crippen LogP contribution in [0.2, 0.25) is 5.02 Å². The van der Waals surface area contributed by atoms with Crippen LogP contribution in [0.3, 0.4) is 0 Å². The lowest BCUT2D eigenvalue weighted by Crippen LogP contribution is -2.38. The molecule has 0 bridgehead atoms. The second-order valence-electron chi connectivity index (χ2n) is 7.32. The number of ether oxygens (including phenoxy) is 1. The zero-order valence-corrected chi connectivity index (χ0v) is 20.1. The Bertz CT molecular complexity index is 817. The van der Waals surface area contributed by atoms with Gasteiger partial charge in [-0.15, -0.1) is 24.0 Å². The van der Waals surface area contributed by atoms with Crippen LogP contribution in [-0.4, -0.2) is 38.1 Å². The summed E-state index contributed by atoms with van der Waals surface area (Å²) in [5.74, 6) is 0.827. The Kier molecular flexibility index (Phi) is 9.68. The maximum atomic E-state index is 6.23. The predicted octanol–water partition coefficient (Wildman–Crippen LogP) is 4.91. The Morgan fingerprint density at radius 3 is 2.83 bits per heavy atom. The molecule has 7 heteroatoms. The van der Waals surface area contributed by atoms with Crippen molar-refractivity contribution >= 4 is 47.2 Å². The number of hydrogen-bond donors (Lipinski definition) is 2. The largest absolute Gasteiger partial charge is 0.380 e. The second kappa shape index (κ2) is 11.7. The van der Waals surface area contributed by atoms with Crippen molar-refractivity contribution in [1.82, 2.24) is 4.90 Å². The van der Waals surface area contributed by atoms with E-state index in [1.807, 2.05) is 36.4 Å². The van der Waals surface area contributed by atoms with E-state index >= 15 is 0 Å². The molecular formula is C22H30ClIN4O. The number of guanidine groups is 1. The monoisotopic (exact) mass is 528 g/mol. The van der Waals surface area contributed by atoms with Crippen LogP contribution in [0.25, 0.3) is 0 Å². The van der Waals surface area contributed by atoms with Crippen LogP contribution in [0.15, 0.2) is 53.5 Å². The number of halogens is 2. The summed E-state index contributed by atoms with van der Waals surface area (Å²) in [4.78, 5) is 7.06. The Morgan fingerprint density at radius 1 is 1.28 bits per heavy atom. The van der Waals surface area contributed by atoms with Gasteiger partial charge in [-0.3, -0.25) is 9.89 Å². The molecule has 5 nitrogen and oxygen atoms in total. The first-order valence-corrected chi connectivity index (χ1v) is 10.1. The lowest BCUT2D eigenvalue weighted by Gasteiger charge is -2.39. The molecule has 0 amide bonds. The normalized spacial score (nSPS) is 20.2. The summed E-state index contributed by atoms with van der Waals surface area (Å²) < 4.78 is 5.25. The number of nitrogens with zero attached hydrogens (tertiary/aromatic N) is 2. The molecule has 2 atom stereocenters. The van der Waals surface area contributed by atoms with E-state index in [-0.39, 0.29) is 24.0 Å². The molecule has 1 saturated heterocycles. The van der Waals surface area contributed by atoms with Gasteiger partial charge in [0.1, 0.15) is 0 Å². The molecule has 1 aliphatic heterocycles. The second-order valence-corrected chi connectivity index (χ2v) is 7.76. The Morgan fingerprint density at radius 2 is 2.07 bits per heavy atom. The van der Waals surface area contributed by atoms with Gasteiger partial charge in [-0.2, -0.15) is 0 Å². The summed E-state index contributed by atoms with van der Waals surface area (Å²) in [6, 6.07) is 16.4. The smallest absolute Gasteiger partial charge is 0.193 e. The number of rotatable bonds is 6. The molecular weight excluding hydrogens is 499 g/mol. The number of piperidine rings is 1. The number of nitrogens with two attached hydrogens (primary N) is 1. The van der Waals surface area contributed by atoms with Gasteiger partial charge in [-0.05, 0) is 56.1 Å². The third-order valence-corrected chi connectivity index (χ3v) is 5.51. The van der Waals surface area contributed by atoms with Crippen LogP contribution < -0.4 is 11.1 Å². The first-order chi connectivity index (χ1) is 13.6. The molecule has 2 unspecified atom stereocenters. The van der Waals surface area contributed by atoms with Gasteiger partial charge >= 0.3 is 0 Å². The third kappa shape index (κ3) is 6.57. The number of likely N-dealkylation sites (tertiary alicyclic amines) is 1. The molecule has 1 aliphatic rings. The van der Waals surface area contributed by atoms with Crippen LogP contribution in [-0.2, 0) is 11.3 Å². The minimum absolute atomic E-state index is 0. The lowest BCUT2D eigenvalue weighted by atomic mass is 9.85. The van der Waals surface area contributed by atoms with Gasteiger partial charge in [0.2, 0.25) is 0 Å². The molecule has 1 fully saturated rings. The Balaban J connectivity index is 0.00000300. The molecule has 158 valence electrons. The predicted molar refractivity (Wildman–Crippen MR) is 132 cm³/mol. The summed E-state index contributed by atoms with van der Waals surface area (Å²) in [5.41, 5.74) is 9.42. The van der Waals surface area contributed by atoms with Crippen molar-refractivity contribution in [3.05, 3.63) is 64.7 Å². The van der Waals surface area contributed by atoms with E-state index in [1.54, 1.807) is 7.11 Å². The van der Waals surface area contributed by atoms with Crippen molar-refractivity contribution < 1.29 is 4.74 Å². The summed E-state index contributed by atoms with van der Waals surface area (Å²) in [5, 5.41) is 4.00. The van der Waals surface area contributed by atoms with E-state index in [0.717, 1.165) is 35.7 Å². The van der Waals surface area contributed by atoms with E-state index in [4.69, 9.17) is 22.1 Å². The average molecular weight is 529 g/mol. The Hall–Kier alpha value is -1.35. The van der Waals surface area contributed by atoms with Gasteiger partial charge in [0.15, 0.2) is 5.96 Å². The molecule has 0 radical (unpaired) electrons. The lowest BCUT2D eigenvalue weighted by molar-refractivity contribution is 0.125. The van der Waals surface area contributed by atoms with Crippen LogP contribution in [0, 0.1) is 5.92 Å². The average Bonchev–Trinajstić information content (AvgIpc) is 2.68. The van der Waals surface area contributed by atoms with Crippen LogP contribution in [0.1, 0.15) is 30.0 Å². The third-order valence-electron chi connectivity index (χ3n) is 5.27. The summed E-state index contributed by atoms with van der Waals surface area (Å²) in [7, 11) is 3.85. The van der Waals surface area contributed by atoms with Crippen molar-refractivity contribution in [2.75, 3.05) is 32.6 Å². The standard InChI is InChI=1S/C22H29ClN4O.HI/c1-27-12-6-9-17(21(27)16-8-5-10-19(23)13-16)14-25-22(24)26-20-11-4-3-7-18(20)15-28-2;/h3-5,7-8,10-11,13,17,21H,6,9,12,14-15H2,1-2H3,(H3,24,25,26);1H. The summed E-state index contributed by atoms with van der Waals surface area (Å²) in [6.07, 6.45) is 2.29. The minimum Gasteiger partial charge on any atom is -0.380 e. The van der Waals surface area contributed by atoms with Crippen molar-refractivity contribution in [1.29, 1.82) is 0 Å². The van der Waals surface area contributed by atoms with Gasteiger partial charge < -0.3 is 15.8 Å². The van der Waals surface area contributed by atoms with Crippen LogP contribution in [0.4, 0.5) is 5.69 Å². The van der Waals surface area contributed by atoms with E-state index in [9.17, 15) is 0 Å². The summed E-state index contributed by atoms with van der Waals surface area (Å²) in [6.45, 7) is 2.28. The maximum absolute atomic E-state index is 6.23. The number of nitrogens with one attached hydrogen (secondary N) is 1. The van der Waals surface area contributed by atoms with Gasteiger partial charge in [-0.1, -0.05) is 41.9 Å². The molecule has 1 heterocycles. The van der Waals surface area contributed by atoms with Crippen molar-refractivity contribution in [3.63, 3.8) is 0 Å². The van der Waals surface area contributed by atoms with Crippen LogP contribution in [0.5, 0.6) is 0 Å². The highest BCUT2D eigenvalue weighted by molar-refractivity contribution is 14.0. The number of benzene rings is 2.